The van der Waals surface area contributed by atoms with Crippen molar-refractivity contribution in [3.05, 3.63) is 89.7 Å². The smallest absolute Gasteiger partial charge is 0.251 e. The first-order valence-electron chi connectivity index (χ1n) is 8.30. The standard InChI is InChI=1S/C20H21N3O2/c24-19(17-5-2-1-3-6-17)11-13-21-20(25)18-9-7-16(8-10-18)15-23-14-4-12-22-23/h1-10,12,14,19,24H,11,13,15H2,(H,21,25). The second kappa shape index (κ2) is 8.26. The molecule has 3 rings (SSSR count). The van der Waals surface area contributed by atoms with Crippen LogP contribution in [0.1, 0.15) is 34.0 Å². The van der Waals surface area contributed by atoms with Crippen molar-refractivity contribution in [1.82, 2.24) is 15.1 Å². The van der Waals surface area contributed by atoms with Crippen LogP contribution in [-0.2, 0) is 6.54 Å². The highest BCUT2D eigenvalue weighted by Crippen LogP contribution is 2.15. The molecule has 1 amide bonds. The predicted molar refractivity (Wildman–Crippen MR) is 96.1 cm³/mol. The normalized spacial score (nSPS) is 11.9. The van der Waals surface area contributed by atoms with Crippen molar-refractivity contribution in [2.75, 3.05) is 6.54 Å². The van der Waals surface area contributed by atoms with Gasteiger partial charge in [-0.15, -0.1) is 0 Å². The lowest BCUT2D eigenvalue weighted by Crippen LogP contribution is -2.25. The SMILES string of the molecule is O=C(NCCC(O)c1ccccc1)c1ccc(Cn2cccn2)cc1. The zero-order valence-electron chi connectivity index (χ0n) is 13.9. The number of carbonyl (C=O) groups excluding carboxylic acids is 1. The Hall–Kier alpha value is -2.92. The highest BCUT2D eigenvalue weighted by atomic mass is 16.3. The summed E-state index contributed by atoms with van der Waals surface area (Å²) in [5.74, 6) is -0.133. The molecule has 1 unspecified atom stereocenters. The molecule has 1 aromatic heterocycles. The molecule has 0 spiro atoms. The zero-order chi connectivity index (χ0) is 17.5. The molecule has 0 aliphatic heterocycles. The van der Waals surface area contributed by atoms with Gasteiger partial charge in [0.25, 0.3) is 5.91 Å². The summed E-state index contributed by atoms with van der Waals surface area (Å²) in [7, 11) is 0. The molecular weight excluding hydrogens is 314 g/mol. The van der Waals surface area contributed by atoms with Gasteiger partial charge in [-0.25, -0.2) is 0 Å². The number of benzene rings is 2. The van der Waals surface area contributed by atoms with E-state index in [4.69, 9.17) is 0 Å². The van der Waals surface area contributed by atoms with Gasteiger partial charge in [0.05, 0.1) is 12.6 Å². The number of nitrogens with one attached hydrogen (secondary N) is 1. The van der Waals surface area contributed by atoms with Crippen LogP contribution >= 0.6 is 0 Å². The number of aliphatic hydroxyl groups excluding tert-OH is 1. The van der Waals surface area contributed by atoms with Crippen LogP contribution in [0.2, 0.25) is 0 Å². The van der Waals surface area contributed by atoms with E-state index in [1.54, 1.807) is 6.20 Å². The number of amides is 1. The first-order chi connectivity index (χ1) is 12.2. The maximum atomic E-state index is 12.2. The van der Waals surface area contributed by atoms with Crippen LogP contribution in [0, 0.1) is 0 Å². The second-order valence-electron chi connectivity index (χ2n) is 5.87. The van der Waals surface area contributed by atoms with Gasteiger partial charge in [-0.3, -0.25) is 9.48 Å². The second-order valence-corrected chi connectivity index (χ2v) is 5.87. The van der Waals surface area contributed by atoms with Gasteiger partial charge in [0.2, 0.25) is 0 Å². The molecule has 2 N–H and O–H groups in total. The van der Waals surface area contributed by atoms with Crippen molar-refractivity contribution in [2.24, 2.45) is 0 Å². The third-order valence-electron chi connectivity index (χ3n) is 4.01. The van der Waals surface area contributed by atoms with Gasteiger partial charge < -0.3 is 10.4 Å². The average molecular weight is 335 g/mol. The fraction of sp³-hybridized carbons (Fsp3) is 0.200. The van der Waals surface area contributed by atoms with Gasteiger partial charge in [0.15, 0.2) is 0 Å². The third-order valence-corrected chi connectivity index (χ3v) is 4.01. The van der Waals surface area contributed by atoms with E-state index in [1.807, 2.05) is 71.5 Å². The summed E-state index contributed by atoms with van der Waals surface area (Å²) in [6.45, 7) is 1.10. The Morgan fingerprint density at radius 3 is 2.52 bits per heavy atom. The van der Waals surface area contributed by atoms with Gasteiger partial charge in [-0.1, -0.05) is 42.5 Å². The number of rotatable bonds is 7. The summed E-state index contributed by atoms with van der Waals surface area (Å²) in [6, 6.07) is 18.8. The lowest BCUT2D eigenvalue weighted by molar-refractivity contribution is 0.0942. The molecule has 0 saturated carbocycles. The molecule has 1 heterocycles. The summed E-state index contributed by atoms with van der Waals surface area (Å²) < 4.78 is 1.83. The quantitative estimate of drug-likeness (QED) is 0.698. The van der Waals surface area contributed by atoms with Crippen LogP contribution < -0.4 is 5.32 Å². The number of hydrogen-bond acceptors (Lipinski definition) is 3. The van der Waals surface area contributed by atoms with Crippen LogP contribution in [0.25, 0.3) is 0 Å². The number of aromatic nitrogens is 2. The molecule has 0 saturated heterocycles. The van der Waals surface area contributed by atoms with Crippen molar-refractivity contribution < 1.29 is 9.90 Å². The summed E-state index contributed by atoms with van der Waals surface area (Å²) in [6.07, 6.45) is 3.55. The molecule has 5 nitrogen and oxygen atoms in total. The zero-order valence-corrected chi connectivity index (χ0v) is 13.9. The van der Waals surface area contributed by atoms with Gasteiger partial charge in [0, 0.05) is 24.5 Å². The van der Waals surface area contributed by atoms with Crippen molar-refractivity contribution in [2.45, 2.75) is 19.1 Å². The molecule has 0 aliphatic rings. The monoisotopic (exact) mass is 335 g/mol. The van der Waals surface area contributed by atoms with Crippen LogP contribution in [0.15, 0.2) is 73.1 Å². The molecule has 0 aliphatic carbocycles. The summed E-state index contributed by atoms with van der Waals surface area (Å²) in [5, 5.41) is 17.1. The lowest BCUT2D eigenvalue weighted by Gasteiger charge is -2.12. The van der Waals surface area contributed by atoms with E-state index in [1.165, 1.54) is 0 Å². The summed E-state index contributed by atoms with van der Waals surface area (Å²) >= 11 is 0. The van der Waals surface area contributed by atoms with Gasteiger partial charge >= 0.3 is 0 Å². The highest BCUT2D eigenvalue weighted by Gasteiger charge is 2.09. The Morgan fingerprint density at radius 1 is 1.08 bits per heavy atom. The maximum Gasteiger partial charge on any atom is 0.251 e. The van der Waals surface area contributed by atoms with Gasteiger partial charge in [-0.05, 0) is 35.7 Å². The molecule has 0 bridgehead atoms. The number of hydrogen-bond donors (Lipinski definition) is 2. The molecular formula is C20H21N3O2. The molecule has 2 aromatic carbocycles. The van der Waals surface area contributed by atoms with E-state index >= 15 is 0 Å². The number of carbonyl (C=O) groups is 1. The van der Waals surface area contributed by atoms with E-state index in [0.717, 1.165) is 11.1 Å². The molecule has 5 heteroatoms. The molecule has 128 valence electrons. The van der Waals surface area contributed by atoms with Gasteiger partial charge in [-0.2, -0.15) is 5.10 Å². The fourth-order valence-corrected chi connectivity index (χ4v) is 2.61. The third kappa shape index (κ3) is 4.78. The molecule has 3 aromatic rings. The van der Waals surface area contributed by atoms with Gasteiger partial charge in [0.1, 0.15) is 0 Å². The highest BCUT2D eigenvalue weighted by molar-refractivity contribution is 5.94. The van der Waals surface area contributed by atoms with E-state index in [2.05, 4.69) is 10.4 Å². The molecule has 0 fully saturated rings. The molecule has 0 radical (unpaired) electrons. The minimum Gasteiger partial charge on any atom is -0.388 e. The predicted octanol–water partition coefficient (Wildman–Crippen LogP) is 2.78. The van der Waals surface area contributed by atoms with Crippen LogP contribution in [0.5, 0.6) is 0 Å². The topological polar surface area (TPSA) is 67.2 Å². The number of nitrogens with zero attached hydrogens (tertiary/aromatic N) is 2. The van der Waals surface area contributed by atoms with Crippen molar-refractivity contribution in [1.29, 1.82) is 0 Å². The van der Waals surface area contributed by atoms with Crippen LogP contribution in [-0.4, -0.2) is 27.3 Å². The number of aliphatic hydroxyl groups is 1. The van der Waals surface area contributed by atoms with Crippen LogP contribution in [0.3, 0.4) is 0 Å². The minimum absolute atomic E-state index is 0.133. The Labute approximate surface area is 146 Å². The van der Waals surface area contributed by atoms with Crippen molar-refractivity contribution in [3.63, 3.8) is 0 Å². The first kappa shape index (κ1) is 16.9. The van der Waals surface area contributed by atoms with Crippen LogP contribution in [0.4, 0.5) is 0 Å². The van der Waals surface area contributed by atoms with E-state index in [0.29, 0.717) is 25.1 Å². The Bertz CT molecular complexity index is 784. The van der Waals surface area contributed by atoms with E-state index < -0.39 is 6.10 Å². The Kier molecular flexibility index (Phi) is 5.59. The largest absolute Gasteiger partial charge is 0.388 e. The summed E-state index contributed by atoms with van der Waals surface area (Å²) in [5.41, 5.74) is 2.55. The van der Waals surface area contributed by atoms with Crippen molar-refractivity contribution in [3.8, 4) is 0 Å². The van der Waals surface area contributed by atoms with E-state index in [9.17, 15) is 9.90 Å². The molecule has 1 atom stereocenters. The average Bonchev–Trinajstić information content (AvgIpc) is 3.16. The Morgan fingerprint density at radius 2 is 1.84 bits per heavy atom. The Balaban J connectivity index is 1.48. The first-order valence-corrected chi connectivity index (χ1v) is 8.30. The minimum atomic E-state index is -0.571. The van der Waals surface area contributed by atoms with E-state index in [-0.39, 0.29) is 5.91 Å². The molecule has 25 heavy (non-hydrogen) atoms. The fourth-order valence-electron chi connectivity index (χ4n) is 2.61. The maximum absolute atomic E-state index is 12.2. The summed E-state index contributed by atoms with van der Waals surface area (Å²) in [4.78, 5) is 12.2. The lowest BCUT2D eigenvalue weighted by atomic mass is 10.1. The van der Waals surface area contributed by atoms with Crippen molar-refractivity contribution >= 4 is 5.91 Å².